The molecule has 0 atom stereocenters. The van der Waals surface area contributed by atoms with Gasteiger partial charge in [0, 0.05) is 11.3 Å². The molecule has 0 aliphatic heterocycles. The molecular weight excluding hydrogens is 301 g/mol. The van der Waals surface area contributed by atoms with Crippen LogP contribution in [0, 0.1) is 18.3 Å². The molecule has 1 aromatic carbocycles. The van der Waals surface area contributed by atoms with Gasteiger partial charge in [0.2, 0.25) is 0 Å². The Morgan fingerprint density at radius 3 is 2.59 bits per heavy atom. The van der Waals surface area contributed by atoms with Gasteiger partial charge in [-0.1, -0.05) is 6.07 Å². The number of aryl methyl sites for hydroxylation is 1. The topological polar surface area (TPSA) is 86.1 Å². The molecule has 8 heteroatoms. The number of nitriles is 1. The summed E-state index contributed by atoms with van der Waals surface area (Å²) in [7, 11) is 0. The number of hydrogen-bond donors (Lipinski definition) is 2. The molecule has 0 amide bonds. The monoisotopic (exact) mass is 310 g/mol. The molecule has 22 heavy (non-hydrogen) atoms. The van der Waals surface area contributed by atoms with Gasteiger partial charge in [-0.25, -0.2) is 0 Å². The van der Waals surface area contributed by atoms with Crippen LogP contribution < -0.4 is 10.3 Å². The van der Waals surface area contributed by atoms with E-state index in [2.05, 4.69) is 9.72 Å². The molecule has 2 rings (SSSR count). The van der Waals surface area contributed by atoms with Crippen LogP contribution in [0.5, 0.6) is 11.5 Å². The minimum absolute atomic E-state index is 0.141. The predicted molar refractivity (Wildman–Crippen MR) is 70.3 cm³/mol. The number of nitrogens with one attached hydrogen (secondary N) is 1. The molecule has 1 aromatic heterocycles. The van der Waals surface area contributed by atoms with Crippen molar-refractivity contribution in [2.75, 3.05) is 0 Å². The number of aromatic nitrogens is 1. The lowest BCUT2D eigenvalue weighted by molar-refractivity contribution is -0.275. The molecule has 2 N–H and O–H groups in total. The van der Waals surface area contributed by atoms with Crippen LogP contribution in [-0.2, 0) is 0 Å². The van der Waals surface area contributed by atoms with Crippen molar-refractivity contribution in [2.24, 2.45) is 0 Å². The van der Waals surface area contributed by atoms with E-state index in [1.165, 1.54) is 12.1 Å². The molecule has 5 nitrogen and oxygen atoms in total. The zero-order chi connectivity index (χ0) is 16.5. The van der Waals surface area contributed by atoms with Gasteiger partial charge in [-0.05, 0) is 30.7 Å². The molecule has 0 saturated heterocycles. The van der Waals surface area contributed by atoms with Crippen molar-refractivity contribution < 1.29 is 23.0 Å². The van der Waals surface area contributed by atoms with Crippen molar-refractivity contribution in [1.29, 1.82) is 5.26 Å². The Hall–Kier alpha value is -2.95. The number of aromatic hydroxyl groups is 1. The second-order valence-corrected chi connectivity index (χ2v) is 4.41. The van der Waals surface area contributed by atoms with Gasteiger partial charge in [0.15, 0.2) is 11.5 Å². The molecule has 1 heterocycles. The summed E-state index contributed by atoms with van der Waals surface area (Å²) in [5.41, 5.74) is -0.165. The second kappa shape index (κ2) is 5.44. The normalized spacial score (nSPS) is 11.0. The SMILES string of the molecule is Cc1cc(-c2ccc(O)c(OC(F)(F)F)c2)c(C#N)c(=O)[nH]1. The zero-order valence-corrected chi connectivity index (χ0v) is 11.2. The van der Waals surface area contributed by atoms with Crippen LogP contribution in [0.2, 0.25) is 0 Å². The van der Waals surface area contributed by atoms with Crippen molar-refractivity contribution in [3.63, 3.8) is 0 Å². The molecule has 0 fully saturated rings. The van der Waals surface area contributed by atoms with Crippen LogP contribution >= 0.6 is 0 Å². The number of halogens is 3. The van der Waals surface area contributed by atoms with Crippen LogP contribution in [0.15, 0.2) is 29.1 Å². The maximum Gasteiger partial charge on any atom is 0.573 e. The molecule has 0 saturated carbocycles. The number of phenolic OH excluding ortho intramolecular Hbond substituents is 1. The number of aromatic amines is 1. The number of hydrogen-bond acceptors (Lipinski definition) is 4. The van der Waals surface area contributed by atoms with Crippen LogP contribution in [0.1, 0.15) is 11.3 Å². The van der Waals surface area contributed by atoms with Crippen molar-refractivity contribution in [2.45, 2.75) is 13.3 Å². The van der Waals surface area contributed by atoms with Gasteiger partial charge in [-0.2, -0.15) is 5.26 Å². The minimum Gasteiger partial charge on any atom is -0.504 e. The fourth-order valence-electron chi connectivity index (χ4n) is 1.92. The van der Waals surface area contributed by atoms with E-state index < -0.39 is 23.4 Å². The van der Waals surface area contributed by atoms with E-state index in [4.69, 9.17) is 5.26 Å². The first-order chi connectivity index (χ1) is 10.2. The van der Waals surface area contributed by atoms with E-state index in [1.807, 2.05) is 0 Å². The Morgan fingerprint density at radius 2 is 2.00 bits per heavy atom. The van der Waals surface area contributed by atoms with Crippen LogP contribution in [0.3, 0.4) is 0 Å². The molecule has 0 aliphatic rings. The fraction of sp³-hybridized carbons (Fsp3) is 0.143. The maximum atomic E-state index is 12.3. The Morgan fingerprint density at radius 1 is 1.32 bits per heavy atom. The lowest BCUT2D eigenvalue weighted by Crippen LogP contribution is -2.17. The molecule has 0 radical (unpaired) electrons. The molecule has 2 aromatic rings. The predicted octanol–water partition coefficient (Wildman–Crippen LogP) is 2.83. The quantitative estimate of drug-likeness (QED) is 0.893. The lowest BCUT2D eigenvalue weighted by Gasteiger charge is -2.12. The standard InChI is InChI=1S/C14H9F3N2O3/c1-7-4-9(10(6-18)13(21)19-7)8-2-3-11(20)12(5-8)22-14(15,16)17/h2-5,20H,1H3,(H,19,21). The first-order valence-corrected chi connectivity index (χ1v) is 5.94. The first-order valence-electron chi connectivity index (χ1n) is 5.94. The van der Waals surface area contributed by atoms with E-state index in [0.29, 0.717) is 5.69 Å². The Labute approximate surface area is 122 Å². The summed E-state index contributed by atoms with van der Waals surface area (Å²) >= 11 is 0. The molecule has 0 spiro atoms. The summed E-state index contributed by atoms with van der Waals surface area (Å²) in [6.07, 6.45) is -4.97. The minimum atomic E-state index is -4.97. The van der Waals surface area contributed by atoms with Gasteiger partial charge >= 0.3 is 6.36 Å². The van der Waals surface area contributed by atoms with Gasteiger partial charge in [0.1, 0.15) is 11.6 Å². The van der Waals surface area contributed by atoms with Crippen LogP contribution in [0.4, 0.5) is 13.2 Å². The van der Waals surface area contributed by atoms with Gasteiger partial charge in [0.25, 0.3) is 5.56 Å². The fourth-order valence-corrected chi connectivity index (χ4v) is 1.92. The van der Waals surface area contributed by atoms with Crippen molar-refractivity contribution >= 4 is 0 Å². The summed E-state index contributed by atoms with van der Waals surface area (Å²) in [4.78, 5) is 14.1. The molecule has 0 aliphatic carbocycles. The van der Waals surface area contributed by atoms with E-state index >= 15 is 0 Å². The summed E-state index contributed by atoms with van der Waals surface area (Å²) < 4.78 is 40.6. The third-order valence-corrected chi connectivity index (χ3v) is 2.78. The van der Waals surface area contributed by atoms with Crippen LogP contribution in [-0.4, -0.2) is 16.5 Å². The average molecular weight is 310 g/mol. The molecule has 0 bridgehead atoms. The number of nitrogens with zero attached hydrogens (tertiary/aromatic N) is 1. The third-order valence-electron chi connectivity index (χ3n) is 2.78. The summed E-state index contributed by atoms with van der Waals surface area (Å²) in [6, 6.07) is 6.34. The maximum absolute atomic E-state index is 12.3. The van der Waals surface area contributed by atoms with Crippen molar-refractivity contribution in [3.05, 3.63) is 45.9 Å². The van der Waals surface area contributed by atoms with Gasteiger partial charge in [-0.15, -0.1) is 13.2 Å². The molecular formula is C14H9F3N2O3. The van der Waals surface area contributed by atoms with Gasteiger partial charge in [-0.3, -0.25) is 4.79 Å². The Balaban J connectivity index is 2.63. The van der Waals surface area contributed by atoms with E-state index in [1.54, 1.807) is 13.0 Å². The number of phenols is 1. The van der Waals surface area contributed by atoms with E-state index in [-0.39, 0.29) is 16.7 Å². The van der Waals surface area contributed by atoms with Crippen molar-refractivity contribution in [3.8, 4) is 28.7 Å². The number of alkyl halides is 3. The number of H-pyrrole nitrogens is 1. The van der Waals surface area contributed by atoms with E-state index in [0.717, 1.165) is 12.1 Å². The molecule has 114 valence electrons. The smallest absolute Gasteiger partial charge is 0.504 e. The summed E-state index contributed by atoms with van der Waals surface area (Å²) in [5.74, 6) is -1.52. The zero-order valence-electron chi connectivity index (χ0n) is 11.2. The highest BCUT2D eigenvalue weighted by Crippen LogP contribution is 2.35. The number of rotatable bonds is 2. The van der Waals surface area contributed by atoms with Crippen LogP contribution in [0.25, 0.3) is 11.1 Å². The average Bonchev–Trinajstić information content (AvgIpc) is 2.39. The van der Waals surface area contributed by atoms with Crippen molar-refractivity contribution in [1.82, 2.24) is 4.98 Å². The number of benzene rings is 1. The second-order valence-electron chi connectivity index (χ2n) is 4.41. The first kappa shape index (κ1) is 15.4. The lowest BCUT2D eigenvalue weighted by atomic mass is 10.0. The van der Waals surface area contributed by atoms with Gasteiger partial charge in [0.05, 0.1) is 0 Å². The Kier molecular flexibility index (Phi) is 3.82. The highest BCUT2D eigenvalue weighted by molar-refractivity contribution is 5.72. The largest absolute Gasteiger partial charge is 0.573 e. The number of ether oxygens (including phenoxy) is 1. The molecule has 0 unspecified atom stereocenters. The number of pyridine rings is 1. The highest BCUT2D eigenvalue weighted by Gasteiger charge is 2.32. The van der Waals surface area contributed by atoms with E-state index in [9.17, 15) is 23.1 Å². The third kappa shape index (κ3) is 3.20. The summed E-state index contributed by atoms with van der Waals surface area (Å²) in [6.45, 7) is 1.57. The summed E-state index contributed by atoms with van der Waals surface area (Å²) in [5, 5.41) is 18.5. The Bertz CT molecular complexity index is 820. The highest BCUT2D eigenvalue weighted by atomic mass is 19.4. The van der Waals surface area contributed by atoms with Gasteiger partial charge < -0.3 is 14.8 Å².